The average Bonchev–Trinajstić information content (AvgIpc) is 3.58. The molecule has 0 bridgehead atoms. The molecule has 1 saturated carbocycles. The molecule has 0 spiro atoms. The van der Waals surface area contributed by atoms with Gasteiger partial charge >= 0.3 is 5.97 Å². The molecule has 0 saturated heterocycles. The third-order valence-corrected chi connectivity index (χ3v) is 8.69. The van der Waals surface area contributed by atoms with Crippen molar-refractivity contribution in [2.24, 2.45) is 5.92 Å². The SMILES string of the molecule is Cc1cc(OCCCS(C)(=O)=O)cc(C)c1-c1cccc(COc2ccc3c(c2)[C@H]2C[C@H]2[C@H]3CC(=O)O)c1. The Labute approximate surface area is 224 Å². The highest BCUT2D eigenvalue weighted by Gasteiger charge is 2.52. The van der Waals surface area contributed by atoms with Crippen molar-refractivity contribution in [1.82, 2.24) is 0 Å². The summed E-state index contributed by atoms with van der Waals surface area (Å²) in [5, 5.41) is 9.27. The van der Waals surface area contributed by atoms with E-state index in [4.69, 9.17) is 9.47 Å². The van der Waals surface area contributed by atoms with Gasteiger partial charge in [0.25, 0.3) is 0 Å². The molecule has 2 aliphatic rings. The van der Waals surface area contributed by atoms with E-state index in [9.17, 15) is 18.3 Å². The molecular formula is C31H34O6S. The number of carboxylic acid groups (broad SMARTS) is 1. The molecule has 5 rings (SSSR count). The van der Waals surface area contributed by atoms with E-state index in [0.717, 1.165) is 45.7 Å². The molecule has 3 aromatic rings. The van der Waals surface area contributed by atoms with Crippen molar-refractivity contribution in [3.63, 3.8) is 0 Å². The summed E-state index contributed by atoms with van der Waals surface area (Å²) in [6.07, 6.45) is 2.99. The second-order valence-corrected chi connectivity index (χ2v) is 13.0. The molecule has 6 nitrogen and oxygen atoms in total. The first-order valence-corrected chi connectivity index (χ1v) is 15.1. The van der Waals surface area contributed by atoms with Crippen molar-refractivity contribution < 1.29 is 27.8 Å². The molecule has 2 aliphatic carbocycles. The van der Waals surface area contributed by atoms with Crippen LogP contribution in [-0.2, 0) is 21.2 Å². The minimum absolute atomic E-state index is 0.121. The van der Waals surface area contributed by atoms with Gasteiger partial charge < -0.3 is 14.6 Å². The third kappa shape index (κ3) is 5.88. The number of carboxylic acids is 1. The second-order valence-electron chi connectivity index (χ2n) is 10.8. The number of ether oxygens (including phenoxy) is 2. The van der Waals surface area contributed by atoms with Crippen LogP contribution in [0.25, 0.3) is 11.1 Å². The molecule has 1 fully saturated rings. The van der Waals surface area contributed by atoms with Gasteiger partial charge in [-0.05, 0) is 114 Å². The average molecular weight is 535 g/mol. The summed E-state index contributed by atoms with van der Waals surface area (Å²) in [5.74, 6) is 2.05. The Morgan fingerprint density at radius 1 is 0.974 bits per heavy atom. The van der Waals surface area contributed by atoms with Gasteiger partial charge in [-0.15, -0.1) is 0 Å². The maximum Gasteiger partial charge on any atom is 0.303 e. The smallest absolute Gasteiger partial charge is 0.303 e. The molecule has 0 aliphatic heterocycles. The second kappa shape index (κ2) is 10.4. The fourth-order valence-corrected chi connectivity index (χ4v) is 6.60. The van der Waals surface area contributed by atoms with Crippen LogP contribution in [0, 0.1) is 19.8 Å². The lowest BCUT2D eigenvalue weighted by molar-refractivity contribution is -0.137. The fourth-order valence-electron chi connectivity index (χ4n) is 5.96. The maximum atomic E-state index is 11.3. The Hall–Kier alpha value is -3.32. The van der Waals surface area contributed by atoms with Gasteiger partial charge in [-0.2, -0.15) is 0 Å². The van der Waals surface area contributed by atoms with E-state index in [1.54, 1.807) is 0 Å². The quantitative estimate of drug-likeness (QED) is 0.302. The summed E-state index contributed by atoms with van der Waals surface area (Å²) < 4.78 is 34.6. The lowest BCUT2D eigenvalue weighted by Crippen LogP contribution is -2.08. The van der Waals surface area contributed by atoms with Gasteiger partial charge in [-0.1, -0.05) is 24.3 Å². The lowest BCUT2D eigenvalue weighted by Gasteiger charge is -2.16. The molecule has 38 heavy (non-hydrogen) atoms. The first-order chi connectivity index (χ1) is 18.1. The highest BCUT2D eigenvalue weighted by atomic mass is 32.2. The number of aryl methyl sites for hydroxylation is 2. The largest absolute Gasteiger partial charge is 0.494 e. The number of aliphatic carboxylic acids is 1. The Bertz CT molecular complexity index is 1450. The van der Waals surface area contributed by atoms with Gasteiger partial charge in [-0.25, -0.2) is 8.42 Å². The lowest BCUT2D eigenvalue weighted by atomic mass is 9.93. The van der Waals surface area contributed by atoms with Crippen molar-refractivity contribution in [2.75, 3.05) is 18.6 Å². The van der Waals surface area contributed by atoms with E-state index >= 15 is 0 Å². The van der Waals surface area contributed by atoms with Crippen molar-refractivity contribution in [3.8, 4) is 22.6 Å². The highest BCUT2D eigenvalue weighted by molar-refractivity contribution is 7.90. The number of carbonyl (C=O) groups is 1. The van der Waals surface area contributed by atoms with Crippen molar-refractivity contribution >= 4 is 15.8 Å². The number of fused-ring (bicyclic) bond motifs is 3. The summed E-state index contributed by atoms with van der Waals surface area (Å²) in [6.45, 7) is 4.92. The van der Waals surface area contributed by atoms with Crippen LogP contribution >= 0.6 is 0 Å². The van der Waals surface area contributed by atoms with Crippen LogP contribution in [-0.4, -0.2) is 38.1 Å². The van der Waals surface area contributed by atoms with E-state index in [0.29, 0.717) is 31.5 Å². The predicted octanol–water partition coefficient (Wildman–Crippen LogP) is 6.04. The van der Waals surface area contributed by atoms with Crippen molar-refractivity contribution in [2.45, 2.75) is 51.6 Å². The van der Waals surface area contributed by atoms with Crippen molar-refractivity contribution in [3.05, 3.63) is 82.4 Å². The topological polar surface area (TPSA) is 89.9 Å². The van der Waals surface area contributed by atoms with Crippen LogP contribution < -0.4 is 9.47 Å². The monoisotopic (exact) mass is 534 g/mol. The Morgan fingerprint density at radius 2 is 1.74 bits per heavy atom. The van der Waals surface area contributed by atoms with E-state index in [1.165, 1.54) is 17.4 Å². The van der Waals surface area contributed by atoms with Crippen LogP contribution in [0.4, 0.5) is 0 Å². The van der Waals surface area contributed by atoms with Crippen LogP contribution in [0.1, 0.15) is 58.9 Å². The Balaban J connectivity index is 1.25. The molecule has 1 N–H and O–H groups in total. The molecule has 3 aromatic carbocycles. The fraction of sp³-hybridized carbons (Fsp3) is 0.387. The molecule has 0 heterocycles. The Kier molecular flexibility index (Phi) is 7.23. The van der Waals surface area contributed by atoms with Gasteiger partial charge in [0.15, 0.2) is 0 Å². The van der Waals surface area contributed by atoms with E-state index < -0.39 is 15.8 Å². The van der Waals surface area contributed by atoms with Crippen LogP contribution in [0.3, 0.4) is 0 Å². The van der Waals surface area contributed by atoms with Crippen LogP contribution in [0.5, 0.6) is 11.5 Å². The van der Waals surface area contributed by atoms with Gasteiger partial charge in [0.2, 0.25) is 0 Å². The normalized spacial score (nSPS) is 19.5. The predicted molar refractivity (Wildman–Crippen MR) is 148 cm³/mol. The zero-order valence-corrected chi connectivity index (χ0v) is 22.9. The minimum Gasteiger partial charge on any atom is -0.494 e. The minimum atomic E-state index is -2.98. The summed E-state index contributed by atoms with van der Waals surface area (Å²) >= 11 is 0. The zero-order chi connectivity index (χ0) is 27.0. The molecular weight excluding hydrogens is 500 g/mol. The van der Waals surface area contributed by atoms with Gasteiger partial charge in [0.1, 0.15) is 27.9 Å². The zero-order valence-electron chi connectivity index (χ0n) is 22.1. The first kappa shape index (κ1) is 26.3. The molecule has 7 heteroatoms. The van der Waals surface area contributed by atoms with Gasteiger partial charge in [0, 0.05) is 6.26 Å². The van der Waals surface area contributed by atoms with Gasteiger partial charge in [-0.3, -0.25) is 4.79 Å². The maximum absolute atomic E-state index is 11.3. The first-order valence-electron chi connectivity index (χ1n) is 13.1. The summed E-state index contributed by atoms with van der Waals surface area (Å²) in [7, 11) is -2.98. The molecule has 200 valence electrons. The van der Waals surface area contributed by atoms with E-state index in [2.05, 4.69) is 44.2 Å². The highest BCUT2D eigenvalue weighted by Crippen LogP contribution is 2.64. The van der Waals surface area contributed by atoms with Gasteiger partial charge in [0.05, 0.1) is 18.8 Å². The Morgan fingerprint density at radius 3 is 2.45 bits per heavy atom. The number of hydrogen-bond acceptors (Lipinski definition) is 5. The standard InChI is InChI=1S/C31H34O6S/c1-19-12-24(36-10-5-11-38(3,34)35)13-20(2)31(19)22-7-4-6-21(14-22)18-37-23-8-9-25-26(15-23)27-16-28(27)29(25)17-30(32)33/h4,6-9,12-15,27-29H,5,10-11,16-18H2,1-3H3,(H,32,33)/t27-,28-,29+/m1/s1. The number of hydrogen-bond donors (Lipinski definition) is 1. The van der Waals surface area contributed by atoms with E-state index in [-0.39, 0.29) is 18.1 Å². The summed E-state index contributed by atoms with van der Waals surface area (Å²) in [4.78, 5) is 11.3. The van der Waals surface area contributed by atoms with Crippen LogP contribution in [0.2, 0.25) is 0 Å². The van der Waals surface area contributed by atoms with Crippen LogP contribution in [0.15, 0.2) is 54.6 Å². The van der Waals surface area contributed by atoms with E-state index in [1.807, 2.05) is 24.3 Å². The molecule has 0 amide bonds. The van der Waals surface area contributed by atoms with Crippen molar-refractivity contribution in [1.29, 1.82) is 0 Å². The molecule has 3 atom stereocenters. The number of rotatable bonds is 11. The molecule has 0 unspecified atom stereocenters. The number of benzene rings is 3. The molecule has 0 radical (unpaired) electrons. The third-order valence-electron chi connectivity index (χ3n) is 7.66. The number of sulfone groups is 1. The summed E-state index contributed by atoms with van der Waals surface area (Å²) in [6, 6.07) is 18.5. The molecule has 0 aromatic heterocycles. The summed E-state index contributed by atoms with van der Waals surface area (Å²) in [5.41, 5.74) is 7.95.